The number of nitrogens with two attached hydrogens (primary N) is 1. The molecule has 0 fully saturated rings. The predicted octanol–water partition coefficient (Wildman–Crippen LogP) is 9.85. The molecule has 6 aromatic rings. The number of nitrogen functional groups attached to an aromatic ring is 1. The highest BCUT2D eigenvalue weighted by Gasteiger charge is 2.24. The minimum absolute atomic E-state index is 0.186. The van der Waals surface area contributed by atoms with Crippen molar-refractivity contribution in [3.63, 3.8) is 0 Å². The third kappa shape index (κ3) is 10.2. The number of carboxylic acids is 1. The molecule has 0 saturated carbocycles. The number of hydrogen-bond donors (Lipinski definition) is 3. The number of alkyl halides is 4. The van der Waals surface area contributed by atoms with E-state index in [1.807, 2.05) is 0 Å². The van der Waals surface area contributed by atoms with Gasteiger partial charge in [0.2, 0.25) is 0 Å². The number of nitrogens with one attached hydrogen (secondary N) is 1. The summed E-state index contributed by atoms with van der Waals surface area (Å²) >= 11 is 12.3. The zero-order valence-corrected chi connectivity index (χ0v) is 29.1. The molecule has 6 rings (SSSR count). The number of benzene rings is 4. The van der Waals surface area contributed by atoms with Crippen LogP contribution in [0.2, 0.25) is 10.0 Å². The number of carbonyl (C=O) groups is 2. The van der Waals surface area contributed by atoms with Crippen LogP contribution in [0.15, 0.2) is 97.3 Å². The molecule has 0 aliphatic heterocycles. The van der Waals surface area contributed by atoms with Crippen LogP contribution >= 0.6 is 23.2 Å². The van der Waals surface area contributed by atoms with Gasteiger partial charge in [-0.05, 0) is 48.5 Å². The fraction of sp³-hybridized carbons (Fsp3) is 0.111. The van der Waals surface area contributed by atoms with Crippen molar-refractivity contribution >= 4 is 46.5 Å². The molecule has 0 aliphatic rings. The summed E-state index contributed by atoms with van der Waals surface area (Å²) in [4.78, 5) is 22.9. The number of hydrogen-bond acceptors (Lipinski definition) is 5. The third-order valence-electron chi connectivity index (χ3n) is 7.18. The van der Waals surface area contributed by atoms with Gasteiger partial charge in [-0.3, -0.25) is 14.2 Å². The molecule has 0 unspecified atom stereocenters. The smallest absolute Gasteiger partial charge is 0.339 e. The van der Waals surface area contributed by atoms with Crippen LogP contribution in [-0.4, -0.2) is 36.5 Å². The van der Waals surface area contributed by atoms with Crippen molar-refractivity contribution in [1.82, 2.24) is 19.6 Å². The summed E-state index contributed by atoms with van der Waals surface area (Å²) in [6, 6.07) is 22.0. The number of rotatable bonds is 7. The first kappa shape index (κ1) is 40.0. The molecular formula is C36H28Cl2F6N6O3. The minimum atomic E-state index is -2.85. The molecule has 1 amide bonds. The molecule has 9 nitrogen and oxygen atoms in total. The second kappa shape index (κ2) is 17.6. The molecule has 0 spiro atoms. The van der Waals surface area contributed by atoms with E-state index in [1.54, 1.807) is 66.7 Å². The predicted molar refractivity (Wildman–Crippen MR) is 189 cm³/mol. The maximum absolute atomic E-state index is 13.4. The number of carbonyl (C=O) groups excluding carboxylic acids is 1. The number of carboxylic acid groups (broad SMARTS) is 1. The molecule has 4 aromatic carbocycles. The Hall–Kier alpha value is -5.80. The van der Waals surface area contributed by atoms with E-state index in [-0.39, 0.29) is 11.1 Å². The standard InChI is InChI=1S/C18H13Cl2F2N3O.C12H9F2N.C6H6F2N2O2/c1-25-9-13(16(24-25)17(21)22)18(26)23-15-5-3-2-4-11(15)12-8-10(19)6-7-14(12)20;13-8-5-6-11(14)10(7-8)9-3-1-2-4-12(9)15;1-10-2-3(6(11)12)4(9-10)5(7)8/h2-9,17H,1H3,(H,23,26);1-7H,15H2;2,5H,1H3,(H,11,12). The van der Waals surface area contributed by atoms with Gasteiger partial charge >= 0.3 is 5.97 Å². The van der Waals surface area contributed by atoms with E-state index in [0.717, 1.165) is 29.1 Å². The quantitative estimate of drug-likeness (QED) is 0.109. The van der Waals surface area contributed by atoms with Gasteiger partial charge in [0.25, 0.3) is 18.8 Å². The summed E-state index contributed by atoms with van der Waals surface area (Å²) in [5.41, 5.74) is 6.58. The Labute approximate surface area is 308 Å². The molecule has 276 valence electrons. The van der Waals surface area contributed by atoms with Gasteiger partial charge in [-0.25, -0.2) is 31.1 Å². The first-order valence-corrected chi connectivity index (χ1v) is 15.8. The van der Waals surface area contributed by atoms with Crippen molar-refractivity contribution in [1.29, 1.82) is 0 Å². The van der Waals surface area contributed by atoms with E-state index in [2.05, 4.69) is 15.5 Å². The number of aryl methyl sites for hydroxylation is 2. The second-order valence-corrected chi connectivity index (χ2v) is 11.8. The lowest BCUT2D eigenvalue weighted by molar-refractivity contribution is 0.0683. The number of nitrogens with zero attached hydrogens (tertiary/aromatic N) is 4. The third-order valence-corrected chi connectivity index (χ3v) is 7.74. The van der Waals surface area contributed by atoms with Gasteiger partial charge in [-0.15, -0.1) is 0 Å². The molecule has 0 atom stereocenters. The average molecular weight is 778 g/mol. The molecule has 17 heteroatoms. The van der Waals surface area contributed by atoms with Crippen LogP contribution in [0.1, 0.15) is 45.0 Å². The zero-order valence-electron chi connectivity index (χ0n) is 27.5. The van der Waals surface area contributed by atoms with Crippen molar-refractivity contribution in [3.05, 3.63) is 142 Å². The van der Waals surface area contributed by atoms with Gasteiger partial charge in [0.15, 0.2) is 0 Å². The van der Waals surface area contributed by atoms with E-state index in [9.17, 15) is 35.9 Å². The molecule has 53 heavy (non-hydrogen) atoms. The molecule has 0 saturated heterocycles. The first-order valence-electron chi connectivity index (χ1n) is 15.1. The number of halogens is 8. The molecule has 2 aromatic heterocycles. The van der Waals surface area contributed by atoms with Crippen molar-refractivity contribution in [2.45, 2.75) is 12.9 Å². The number of aromatic carboxylic acids is 1. The SMILES string of the molecule is Cn1cc(C(=O)Nc2ccccc2-c2cc(Cl)ccc2Cl)c(C(F)F)n1.Cn1cc(C(=O)O)c(C(F)F)n1.Nc1ccccc1-c1cc(F)ccc1F. The van der Waals surface area contributed by atoms with Gasteiger partial charge in [-0.2, -0.15) is 10.2 Å². The molecule has 2 heterocycles. The molecule has 0 bridgehead atoms. The molecule has 0 radical (unpaired) electrons. The van der Waals surface area contributed by atoms with E-state index >= 15 is 0 Å². The van der Waals surface area contributed by atoms with Crippen LogP contribution in [0.5, 0.6) is 0 Å². The molecular weight excluding hydrogens is 749 g/mol. The largest absolute Gasteiger partial charge is 0.478 e. The summed E-state index contributed by atoms with van der Waals surface area (Å²) in [5.74, 6) is -3.03. The van der Waals surface area contributed by atoms with Crippen molar-refractivity contribution in [2.24, 2.45) is 14.1 Å². The zero-order chi connectivity index (χ0) is 39.0. The van der Waals surface area contributed by atoms with Crippen LogP contribution in [-0.2, 0) is 14.1 Å². The Morgan fingerprint density at radius 2 is 1.30 bits per heavy atom. The minimum Gasteiger partial charge on any atom is -0.478 e. The maximum atomic E-state index is 13.4. The van der Waals surface area contributed by atoms with E-state index in [4.69, 9.17) is 34.0 Å². The molecule has 4 N–H and O–H groups in total. The van der Waals surface area contributed by atoms with Gasteiger partial charge in [-0.1, -0.05) is 59.6 Å². The van der Waals surface area contributed by atoms with Crippen LogP contribution < -0.4 is 11.1 Å². The Bertz CT molecular complexity index is 2250. The first-order chi connectivity index (χ1) is 25.1. The summed E-state index contributed by atoms with van der Waals surface area (Å²) in [5, 5.41) is 19.0. The average Bonchev–Trinajstić information content (AvgIpc) is 3.71. The summed E-state index contributed by atoms with van der Waals surface area (Å²) in [7, 11) is 2.86. The van der Waals surface area contributed by atoms with Gasteiger partial charge in [0.1, 0.15) is 28.6 Å². The second-order valence-electron chi connectivity index (χ2n) is 10.9. The van der Waals surface area contributed by atoms with Gasteiger partial charge < -0.3 is 16.2 Å². The van der Waals surface area contributed by atoms with Crippen LogP contribution in [0.3, 0.4) is 0 Å². The van der Waals surface area contributed by atoms with Gasteiger partial charge in [0, 0.05) is 70.2 Å². The van der Waals surface area contributed by atoms with Crippen molar-refractivity contribution < 1.29 is 41.0 Å². The monoisotopic (exact) mass is 776 g/mol. The lowest BCUT2D eigenvalue weighted by Gasteiger charge is -2.13. The number of aromatic nitrogens is 4. The van der Waals surface area contributed by atoms with E-state index in [1.165, 1.54) is 25.0 Å². The Balaban J connectivity index is 0.000000196. The lowest BCUT2D eigenvalue weighted by Crippen LogP contribution is -2.14. The highest BCUT2D eigenvalue weighted by molar-refractivity contribution is 6.35. The summed E-state index contributed by atoms with van der Waals surface area (Å²) in [6.07, 6.45) is -3.40. The fourth-order valence-corrected chi connectivity index (χ4v) is 5.23. The summed E-state index contributed by atoms with van der Waals surface area (Å²) in [6.45, 7) is 0. The Morgan fingerprint density at radius 1 is 0.736 bits per heavy atom. The van der Waals surface area contributed by atoms with Crippen LogP contribution in [0, 0.1) is 11.6 Å². The number of amides is 1. The number of anilines is 2. The van der Waals surface area contributed by atoms with Crippen LogP contribution in [0.4, 0.5) is 37.7 Å². The van der Waals surface area contributed by atoms with Gasteiger partial charge in [0.05, 0.1) is 5.56 Å². The number of para-hydroxylation sites is 2. The fourth-order valence-electron chi connectivity index (χ4n) is 4.84. The Morgan fingerprint density at radius 3 is 1.89 bits per heavy atom. The van der Waals surface area contributed by atoms with E-state index < -0.39 is 53.3 Å². The highest BCUT2D eigenvalue weighted by Crippen LogP contribution is 2.36. The summed E-state index contributed by atoms with van der Waals surface area (Å²) < 4.78 is 78.9. The Kier molecular flexibility index (Phi) is 13.3. The maximum Gasteiger partial charge on any atom is 0.339 e. The highest BCUT2D eigenvalue weighted by atomic mass is 35.5. The molecule has 0 aliphatic carbocycles. The van der Waals surface area contributed by atoms with E-state index in [0.29, 0.717) is 38.1 Å². The normalized spacial score (nSPS) is 10.7. The van der Waals surface area contributed by atoms with Crippen LogP contribution in [0.25, 0.3) is 22.3 Å². The van der Waals surface area contributed by atoms with Crippen molar-refractivity contribution in [3.8, 4) is 22.3 Å². The van der Waals surface area contributed by atoms with Crippen molar-refractivity contribution in [2.75, 3.05) is 11.1 Å². The lowest BCUT2D eigenvalue weighted by atomic mass is 10.0. The topological polar surface area (TPSA) is 128 Å².